The van der Waals surface area contributed by atoms with Crippen molar-refractivity contribution in [3.8, 4) is 5.75 Å². The van der Waals surface area contributed by atoms with Crippen LogP contribution in [-0.4, -0.2) is 30.1 Å². The van der Waals surface area contributed by atoms with Crippen molar-refractivity contribution in [1.82, 2.24) is 10.4 Å². The lowest BCUT2D eigenvalue weighted by molar-refractivity contribution is -0.126. The van der Waals surface area contributed by atoms with Gasteiger partial charge in [0.25, 0.3) is 5.91 Å². The molecule has 3 N–H and O–H groups in total. The number of benzene rings is 1. The lowest BCUT2D eigenvalue weighted by atomic mass is 10.1. The first kappa shape index (κ1) is 16.8. The van der Waals surface area contributed by atoms with Crippen molar-refractivity contribution in [2.24, 2.45) is 5.73 Å². The van der Waals surface area contributed by atoms with E-state index in [9.17, 15) is 9.59 Å². The molecule has 0 atom stereocenters. The number of hydrogen-bond acceptors (Lipinski definition) is 3. The van der Waals surface area contributed by atoms with E-state index < -0.39 is 11.9 Å². The molecule has 1 aromatic rings. The van der Waals surface area contributed by atoms with E-state index in [1.165, 1.54) is 0 Å². The summed E-state index contributed by atoms with van der Waals surface area (Å²) in [5.41, 5.74) is 9.74. The van der Waals surface area contributed by atoms with Crippen molar-refractivity contribution >= 4 is 11.9 Å². The smallest absolute Gasteiger partial charge is 0.333 e. The summed E-state index contributed by atoms with van der Waals surface area (Å²) in [6.07, 6.45) is 1.67. The molecule has 0 fully saturated rings. The second kappa shape index (κ2) is 8.14. The quantitative estimate of drug-likeness (QED) is 0.785. The van der Waals surface area contributed by atoms with E-state index in [4.69, 9.17) is 10.5 Å². The summed E-state index contributed by atoms with van der Waals surface area (Å²) in [5.74, 6) is 0.246. The van der Waals surface area contributed by atoms with Gasteiger partial charge in [-0.25, -0.2) is 9.80 Å². The predicted molar refractivity (Wildman–Crippen MR) is 80.8 cm³/mol. The first-order valence-corrected chi connectivity index (χ1v) is 7.01. The number of nitrogens with two attached hydrogens (primary N) is 1. The maximum Gasteiger partial charge on any atom is 0.333 e. The van der Waals surface area contributed by atoms with Gasteiger partial charge in [-0.05, 0) is 37.5 Å². The Morgan fingerprint density at radius 2 is 2.05 bits per heavy atom. The molecule has 0 heterocycles. The fraction of sp³-hybridized carbons (Fsp3) is 0.467. The van der Waals surface area contributed by atoms with Crippen molar-refractivity contribution in [2.45, 2.75) is 33.6 Å². The normalized spacial score (nSPS) is 10.0. The minimum Gasteiger partial charge on any atom is -0.483 e. The molecule has 0 bridgehead atoms. The van der Waals surface area contributed by atoms with Crippen molar-refractivity contribution in [3.05, 3.63) is 29.3 Å². The van der Waals surface area contributed by atoms with Crippen molar-refractivity contribution in [1.29, 1.82) is 0 Å². The number of urea groups is 1. The molecule has 0 unspecified atom stereocenters. The zero-order valence-corrected chi connectivity index (χ0v) is 12.8. The molecule has 0 radical (unpaired) electrons. The molecule has 0 aliphatic heterocycles. The van der Waals surface area contributed by atoms with E-state index in [2.05, 4.69) is 5.43 Å². The number of carbonyl (C=O) groups is 2. The average Bonchev–Trinajstić information content (AvgIpc) is 2.44. The van der Waals surface area contributed by atoms with Crippen LogP contribution in [0, 0.1) is 13.8 Å². The number of carbonyl (C=O) groups excluding carboxylic acids is 2. The van der Waals surface area contributed by atoms with E-state index in [-0.39, 0.29) is 6.61 Å². The third kappa shape index (κ3) is 5.33. The lowest BCUT2D eigenvalue weighted by Gasteiger charge is -2.21. The summed E-state index contributed by atoms with van der Waals surface area (Å²) in [4.78, 5) is 23.0. The van der Waals surface area contributed by atoms with Crippen LogP contribution in [-0.2, 0) is 4.79 Å². The highest BCUT2D eigenvalue weighted by molar-refractivity contribution is 5.81. The van der Waals surface area contributed by atoms with Gasteiger partial charge in [-0.2, -0.15) is 0 Å². The van der Waals surface area contributed by atoms with Gasteiger partial charge in [0.05, 0.1) is 0 Å². The fourth-order valence-electron chi connectivity index (χ4n) is 1.74. The number of aryl methyl sites for hydroxylation is 1. The molecule has 0 saturated carbocycles. The standard InChI is InChI=1S/C15H23N3O3/c1-4-5-9-18(15(16)20)17-14(19)10-21-13-8-6-7-11(2)12(13)3/h6-8H,4-5,9-10H2,1-3H3,(H2,16,20)(H,17,19). The maximum absolute atomic E-state index is 11.8. The van der Waals surface area contributed by atoms with Crippen LogP contribution in [0.2, 0.25) is 0 Å². The van der Waals surface area contributed by atoms with Crippen LogP contribution < -0.4 is 15.9 Å². The van der Waals surface area contributed by atoms with Crippen molar-refractivity contribution in [2.75, 3.05) is 13.2 Å². The van der Waals surface area contributed by atoms with E-state index in [1.807, 2.05) is 32.9 Å². The zero-order valence-electron chi connectivity index (χ0n) is 12.8. The number of nitrogens with zero attached hydrogens (tertiary/aromatic N) is 1. The van der Waals surface area contributed by atoms with Gasteiger partial charge in [-0.1, -0.05) is 25.5 Å². The summed E-state index contributed by atoms with van der Waals surface area (Å²) >= 11 is 0. The number of ether oxygens (including phenoxy) is 1. The van der Waals surface area contributed by atoms with Crippen LogP contribution >= 0.6 is 0 Å². The highest BCUT2D eigenvalue weighted by atomic mass is 16.5. The van der Waals surface area contributed by atoms with Crippen LogP contribution in [0.1, 0.15) is 30.9 Å². The summed E-state index contributed by atoms with van der Waals surface area (Å²) < 4.78 is 5.47. The molecule has 0 aliphatic carbocycles. The van der Waals surface area contributed by atoms with E-state index in [0.717, 1.165) is 29.0 Å². The topological polar surface area (TPSA) is 84.7 Å². The van der Waals surface area contributed by atoms with E-state index >= 15 is 0 Å². The Labute approximate surface area is 125 Å². The molecule has 0 aliphatic rings. The third-order valence-electron chi connectivity index (χ3n) is 3.17. The molecule has 0 saturated heterocycles. The maximum atomic E-state index is 11.8. The Morgan fingerprint density at radius 3 is 2.67 bits per heavy atom. The Balaban J connectivity index is 2.52. The van der Waals surface area contributed by atoms with Crippen molar-refractivity contribution in [3.63, 3.8) is 0 Å². The minimum atomic E-state index is -0.677. The zero-order chi connectivity index (χ0) is 15.8. The monoisotopic (exact) mass is 293 g/mol. The Morgan fingerprint density at radius 1 is 1.33 bits per heavy atom. The summed E-state index contributed by atoms with van der Waals surface area (Å²) in [6.45, 7) is 6.12. The number of primary amides is 1. The van der Waals surface area contributed by atoms with Crippen LogP contribution in [0.3, 0.4) is 0 Å². The first-order valence-electron chi connectivity index (χ1n) is 7.01. The molecule has 6 heteroatoms. The molecule has 6 nitrogen and oxygen atoms in total. The molecule has 0 aromatic heterocycles. The number of hydrazine groups is 1. The van der Waals surface area contributed by atoms with Gasteiger partial charge < -0.3 is 10.5 Å². The number of unbranched alkanes of at least 4 members (excludes halogenated alkanes) is 1. The number of rotatable bonds is 6. The van der Waals surface area contributed by atoms with Gasteiger partial charge in [0.15, 0.2) is 6.61 Å². The first-order chi connectivity index (χ1) is 9.95. The summed E-state index contributed by atoms with van der Waals surface area (Å²) in [6, 6.07) is 4.97. The largest absolute Gasteiger partial charge is 0.483 e. The highest BCUT2D eigenvalue weighted by Crippen LogP contribution is 2.20. The average molecular weight is 293 g/mol. The number of hydrogen-bond donors (Lipinski definition) is 2. The van der Waals surface area contributed by atoms with Crippen LogP contribution in [0.25, 0.3) is 0 Å². The van der Waals surface area contributed by atoms with Crippen LogP contribution in [0.4, 0.5) is 4.79 Å². The predicted octanol–water partition coefficient (Wildman–Crippen LogP) is 1.89. The van der Waals surface area contributed by atoms with Gasteiger partial charge in [0.1, 0.15) is 5.75 Å². The Kier molecular flexibility index (Phi) is 6.52. The molecular formula is C15H23N3O3. The van der Waals surface area contributed by atoms with Crippen LogP contribution in [0.5, 0.6) is 5.75 Å². The number of amides is 3. The molecular weight excluding hydrogens is 270 g/mol. The molecule has 1 aromatic carbocycles. The second-order valence-corrected chi connectivity index (χ2v) is 4.87. The molecule has 21 heavy (non-hydrogen) atoms. The van der Waals surface area contributed by atoms with Gasteiger partial charge in [-0.15, -0.1) is 0 Å². The third-order valence-corrected chi connectivity index (χ3v) is 3.17. The SMILES string of the molecule is CCCCN(NC(=O)COc1cccc(C)c1C)C(N)=O. The second-order valence-electron chi connectivity index (χ2n) is 4.87. The van der Waals surface area contributed by atoms with Gasteiger partial charge in [0.2, 0.25) is 0 Å². The molecule has 0 spiro atoms. The lowest BCUT2D eigenvalue weighted by Crippen LogP contribution is -2.50. The summed E-state index contributed by atoms with van der Waals surface area (Å²) in [5, 5.41) is 1.11. The summed E-state index contributed by atoms with van der Waals surface area (Å²) in [7, 11) is 0. The van der Waals surface area contributed by atoms with Gasteiger partial charge in [0, 0.05) is 6.54 Å². The molecule has 3 amide bonds. The fourth-order valence-corrected chi connectivity index (χ4v) is 1.74. The van der Waals surface area contributed by atoms with E-state index in [1.54, 1.807) is 6.07 Å². The number of nitrogens with one attached hydrogen (secondary N) is 1. The van der Waals surface area contributed by atoms with Crippen LogP contribution in [0.15, 0.2) is 18.2 Å². The Bertz CT molecular complexity index is 503. The molecule has 1 rings (SSSR count). The van der Waals surface area contributed by atoms with Crippen molar-refractivity contribution < 1.29 is 14.3 Å². The van der Waals surface area contributed by atoms with Gasteiger partial charge >= 0.3 is 6.03 Å². The highest BCUT2D eigenvalue weighted by Gasteiger charge is 2.13. The van der Waals surface area contributed by atoms with Gasteiger partial charge in [-0.3, -0.25) is 10.2 Å². The Hall–Kier alpha value is -2.24. The molecule has 116 valence electrons. The van der Waals surface area contributed by atoms with E-state index in [0.29, 0.717) is 12.3 Å². The minimum absolute atomic E-state index is 0.166.